The smallest absolute Gasteiger partial charge is 0.371 e. The summed E-state index contributed by atoms with van der Waals surface area (Å²) in [4.78, 5) is 30.1. The summed E-state index contributed by atoms with van der Waals surface area (Å²) in [6.07, 6.45) is 1.07. The maximum atomic E-state index is 13.9. The van der Waals surface area contributed by atoms with Crippen molar-refractivity contribution in [1.29, 1.82) is 0 Å². The number of halogens is 6. The number of carbonyl (C=O) groups is 2. The second-order valence-electron chi connectivity index (χ2n) is 8.50. The summed E-state index contributed by atoms with van der Waals surface area (Å²) >= 11 is 9.50. The number of aromatic carboxylic acids is 1. The summed E-state index contributed by atoms with van der Waals surface area (Å²) in [5, 5.41) is 23.8. The molecule has 0 bridgehead atoms. The molecule has 39 heavy (non-hydrogen) atoms. The standard InChI is InChI=1S/C23H17BrClF4N7O3/c1-11-6-12(24)7-15(20(38)39)14(11)9-18(37)17-8-13(32-36(17)19-16(25)4-3-5-30-19)10-35-33-21(31-34-35)23(28,29)22(2,26)27/h3-8H,9-10H2,1-2H3,(H,38,39). The molecule has 0 saturated heterocycles. The van der Waals surface area contributed by atoms with Crippen molar-refractivity contribution in [2.24, 2.45) is 0 Å². The lowest BCUT2D eigenvalue weighted by Crippen LogP contribution is -2.36. The van der Waals surface area contributed by atoms with Gasteiger partial charge < -0.3 is 5.11 Å². The van der Waals surface area contributed by atoms with Gasteiger partial charge in [-0.2, -0.15) is 27.5 Å². The highest BCUT2D eigenvalue weighted by Gasteiger charge is 2.57. The summed E-state index contributed by atoms with van der Waals surface area (Å²) in [5.41, 5.74) is 0.731. The monoisotopic (exact) mass is 629 g/mol. The first-order valence-electron chi connectivity index (χ1n) is 11.0. The highest BCUT2D eigenvalue weighted by molar-refractivity contribution is 9.10. The fourth-order valence-corrected chi connectivity index (χ4v) is 4.40. The van der Waals surface area contributed by atoms with Crippen molar-refractivity contribution >= 4 is 39.3 Å². The average Bonchev–Trinajstić information content (AvgIpc) is 3.48. The second kappa shape index (κ2) is 10.4. The minimum Gasteiger partial charge on any atom is -0.478 e. The number of carboxylic acids is 1. The van der Waals surface area contributed by atoms with Gasteiger partial charge in [0.25, 0.3) is 0 Å². The number of hydrogen-bond donors (Lipinski definition) is 1. The number of tetrazole rings is 1. The molecule has 10 nitrogen and oxygen atoms in total. The van der Waals surface area contributed by atoms with E-state index in [9.17, 15) is 32.3 Å². The molecule has 0 aliphatic heterocycles. The van der Waals surface area contributed by atoms with Crippen LogP contribution in [0.25, 0.3) is 5.82 Å². The van der Waals surface area contributed by atoms with Gasteiger partial charge >= 0.3 is 17.8 Å². The van der Waals surface area contributed by atoms with Crippen LogP contribution >= 0.6 is 27.5 Å². The Morgan fingerprint density at radius 1 is 1.15 bits per heavy atom. The van der Waals surface area contributed by atoms with Crippen molar-refractivity contribution in [3.05, 3.63) is 79.9 Å². The van der Waals surface area contributed by atoms with Crippen LogP contribution in [-0.2, 0) is 18.9 Å². The fourth-order valence-electron chi connectivity index (χ4n) is 3.63. The van der Waals surface area contributed by atoms with Crippen LogP contribution in [0.1, 0.15) is 50.4 Å². The molecule has 1 N–H and O–H groups in total. The zero-order valence-corrected chi connectivity index (χ0v) is 22.4. The molecule has 204 valence electrons. The third-order valence-electron chi connectivity index (χ3n) is 5.58. The summed E-state index contributed by atoms with van der Waals surface area (Å²) in [6.45, 7) is 1.27. The molecule has 0 fully saturated rings. The van der Waals surface area contributed by atoms with E-state index in [1.54, 1.807) is 19.1 Å². The molecule has 4 aromatic rings. The Bertz CT molecular complexity index is 1590. The first-order valence-corrected chi connectivity index (χ1v) is 12.2. The van der Waals surface area contributed by atoms with Gasteiger partial charge in [0.2, 0.25) is 5.82 Å². The lowest BCUT2D eigenvalue weighted by molar-refractivity contribution is -0.209. The first kappa shape index (κ1) is 28.3. The van der Waals surface area contributed by atoms with E-state index >= 15 is 0 Å². The molecule has 0 amide bonds. The van der Waals surface area contributed by atoms with Crippen LogP contribution in [0.3, 0.4) is 0 Å². The number of rotatable bonds is 9. The van der Waals surface area contributed by atoms with Crippen LogP contribution in [0, 0.1) is 6.92 Å². The Morgan fingerprint density at radius 3 is 2.51 bits per heavy atom. The molecule has 4 rings (SSSR count). The molecule has 0 atom stereocenters. The number of benzene rings is 1. The minimum atomic E-state index is -4.67. The summed E-state index contributed by atoms with van der Waals surface area (Å²) in [6, 6.07) is 7.38. The van der Waals surface area contributed by atoms with Crippen molar-refractivity contribution in [3.8, 4) is 5.82 Å². The van der Waals surface area contributed by atoms with Crippen molar-refractivity contribution in [2.75, 3.05) is 0 Å². The molecule has 0 aliphatic carbocycles. The van der Waals surface area contributed by atoms with E-state index < -0.39 is 36.0 Å². The number of nitrogens with zero attached hydrogens (tertiary/aromatic N) is 7. The van der Waals surface area contributed by atoms with Crippen LogP contribution in [0.2, 0.25) is 5.02 Å². The van der Waals surface area contributed by atoms with Gasteiger partial charge in [0, 0.05) is 24.0 Å². The van der Waals surface area contributed by atoms with Crippen molar-refractivity contribution in [3.63, 3.8) is 0 Å². The zero-order chi connectivity index (χ0) is 28.7. The summed E-state index contributed by atoms with van der Waals surface area (Å²) < 4.78 is 56.2. The third kappa shape index (κ3) is 5.68. The van der Waals surface area contributed by atoms with Gasteiger partial charge in [-0.15, -0.1) is 10.2 Å². The SMILES string of the molecule is Cc1cc(Br)cc(C(=O)O)c1CC(=O)c1cc(Cn2nnc(C(F)(F)C(C)(F)F)n2)nn1-c1ncccc1Cl. The van der Waals surface area contributed by atoms with E-state index in [4.69, 9.17) is 11.6 Å². The minimum absolute atomic E-state index is 0.0345. The van der Waals surface area contributed by atoms with Crippen LogP contribution in [0.15, 0.2) is 41.0 Å². The molecular formula is C23H17BrClF4N7O3. The number of alkyl halides is 4. The molecule has 3 heterocycles. The fraction of sp³-hybridized carbons (Fsp3) is 0.261. The zero-order valence-electron chi connectivity index (χ0n) is 20.0. The Hall–Kier alpha value is -3.72. The molecule has 1 aromatic carbocycles. The summed E-state index contributed by atoms with van der Waals surface area (Å²) in [7, 11) is 0. The quantitative estimate of drug-likeness (QED) is 0.204. The molecule has 3 aromatic heterocycles. The Labute approximate surface area is 230 Å². The van der Waals surface area contributed by atoms with Gasteiger partial charge in [-0.25, -0.2) is 14.5 Å². The van der Waals surface area contributed by atoms with E-state index in [0.29, 0.717) is 14.8 Å². The lowest BCUT2D eigenvalue weighted by atomic mass is 9.96. The van der Waals surface area contributed by atoms with Gasteiger partial charge in [-0.3, -0.25) is 4.79 Å². The first-order chi connectivity index (χ1) is 18.2. The normalized spacial score (nSPS) is 12.1. The van der Waals surface area contributed by atoms with Crippen LogP contribution in [-0.4, -0.2) is 57.8 Å². The number of ketones is 1. The third-order valence-corrected chi connectivity index (χ3v) is 6.33. The van der Waals surface area contributed by atoms with Crippen LogP contribution in [0.5, 0.6) is 0 Å². The van der Waals surface area contributed by atoms with Crippen LogP contribution in [0.4, 0.5) is 17.6 Å². The van der Waals surface area contributed by atoms with E-state index in [0.717, 1.165) is 4.68 Å². The average molecular weight is 631 g/mol. The predicted molar refractivity (Wildman–Crippen MR) is 132 cm³/mol. The number of Topliss-reactive ketones (excluding diaryl/α,β-unsaturated/α-hetero) is 1. The van der Waals surface area contributed by atoms with Crippen LogP contribution < -0.4 is 0 Å². The number of hydrogen-bond acceptors (Lipinski definition) is 7. The van der Waals surface area contributed by atoms with E-state index in [-0.39, 0.29) is 46.7 Å². The van der Waals surface area contributed by atoms with Gasteiger partial charge in [-0.05, 0) is 53.6 Å². The largest absolute Gasteiger partial charge is 0.478 e. The molecule has 0 radical (unpaired) electrons. The molecule has 16 heteroatoms. The van der Waals surface area contributed by atoms with Crippen molar-refractivity contribution < 1.29 is 32.3 Å². The Balaban J connectivity index is 1.74. The van der Waals surface area contributed by atoms with Crippen molar-refractivity contribution in [2.45, 2.75) is 38.7 Å². The summed E-state index contributed by atoms with van der Waals surface area (Å²) in [5.74, 6) is -12.3. The Morgan fingerprint density at radius 2 is 1.87 bits per heavy atom. The van der Waals surface area contributed by atoms with Gasteiger partial charge in [-0.1, -0.05) is 27.5 Å². The van der Waals surface area contributed by atoms with E-state index in [2.05, 4.69) is 41.4 Å². The number of aryl methyl sites for hydroxylation is 1. The molecule has 0 unspecified atom stereocenters. The number of aromatic nitrogens is 7. The van der Waals surface area contributed by atoms with Crippen molar-refractivity contribution in [1.82, 2.24) is 35.0 Å². The number of carbonyl (C=O) groups excluding carboxylic acids is 1. The van der Waals surface area contributed by atoms with E-state index in [1.165, 1.54) is 24.4 Å². The topological polar surface area (TPSA) is 129 Å². The van der Waals surface area contributed by atoms with Gasteiger partial charge in [0.1, 0.15) is 12.2 Å². The van der Waals surface area contributed by atoms with Gasteiger partial charge in [0.05, 0.1) is 16.3 Å². The number of pyridine rings is 1. The van der Waals surface area contributed by atoms with Gasteiger partial charge in [0.15, 0.2) is 11.6 Å². The molecule has 0 saturated carbocycles. The molecule has 0 spiro atoms. The molecular weight excluding hydrogens is 614 g/mol. The molecule has 0 aliphatic rings. The predicted octanol–water partition coefficient (Wildman–Crippen LogP) is 4.90. The lowest BCUT2D eigenvalue weighted by Gasteiger charge is -2.18. The highest BCUT2D eigenvalue weighted by atomic mass is 79.9. The highest BCUT2D eigenvalue weighted by Crippen LogP contribution is 2.40. The van der Waals surface area contributed by atoms with E-state index in [1.807, 2.05) is 0 Å². The number of carboxylic acid groups (broad SMARTS) is 1. The Kier molecular flexibility index (Phi) is 7.58. The maximum Gasteiger partial charge on any atom is 0.371 e. The maximum absolute atomic E-state index is 13.9. The second-order valence-corrected chi connectivity index (χ2v) is 9.82.